The van der Waals surface area contributed by atoms with Gasteiger partial charge in [0.1, 0.15) is 11.0 Å². The van der Waals surface area contributed by atoms with Gasteiger partial charge in [-0.05, 0) is 49.7 Å². The monoisotopic (exact) mass is 667 g/mol. The van der Waals surface area contributed by atoms with Crippen molar-refractivity contribution in [1.29, 1.82) is 0 Å². The predicted octanol–water partition coefficient (Wildman–Crippen LogP) is 6.18. The Kier molecular flexibility index (Phi) is 8.64. The van der Waals surface area contributed by atoms with Gasteiger partial charge in [0.05, 0.1) is 18.0 Å². The molecule has 47 heavy (non-hydrogen) atoms. The Bertz CT molecular complexity index is 1930. The molecule has 0 fully saturated rings. The van der Waals surface area contributed by atoms with Crippen molar-refractivity contribution in [2.24, 2.45) is 0 Å². The van der Waals surface area contributed by atoms with E-state index in [1.54, 1.807) is 41.3 Å². The molecule has 0 radical (unpaired) electrons. The van der Waals surface area contributed by atoms with E-state index in [0.29, 0.717) is 44.4 Å². The molecule has 2 aromatic heterocycles. The lowest BCUT2D eigenvalue weighted by Crippen LogP contribution is -2.41. The van der Waals surface area contributed by atoms with Crippen molar-refractivity contribution in [3.05, 3.63) is 100 Å². The van der Waals surface area contributed by atoms with Crippen LogP contribution in [-0.4, -0.2) is 51.0 Å². The van der Waals surface area contributed by atoms with Crippen LogP contribution in [0, 0.1) is 13.8 Å². The number of carbonyl (C=O) groups excluding carboxylic acids is 2. The number of hydrogen-bond donors (Lipinski definition) is 1. The number of ether oxygens (including phenoxy) is 4. The highest BCUT2D eigenvalue weighted by Gasteiger charge is 2.34. The summed E-state index contributed by atoms with van der Waals surface area (Å²) in [6.07, 6.45) is 0. The standard InChI is InChI=1S/C34H29N5O6S2/c1-20-12-21(2)36-34(35-20)47-17-31(40)39(15-30-38-25(16-46-30)22-6-4-3-5-7-22)32(23-8-10-26-28(13-23)44-18-42-26)33(41)37-24-9-11-27-29(14-24)45-19-43-27/h3-14,16,32H,15,17-19H2,1-2H3,(H,37,41). The molecule has 0 spiro atoms. The number of nitrogens with one attached hydrogen (secondary N) is 1. The smallest absolute Gasteiger partial charge is 0.251 e. The lowest BCUT2D eigenvalue weighted by molar-refractivity contribution is -0.137. The molecule has 3 aromatic carbocycles. The molecule has 11 nitrogen and oxygen atoms in total. The Labute approximate surface area is 278 Å². The molecular formula is C34H29N5O6S2. The second-order valence-corrected chi connectivity index (χ2v) is 12.7. The summed E-state index contributed by atoms with van der Waals surface area (Å²) in [5.41, 5.74) is 4.41. The van der Waals surface area contributed by atoms with Gasteiger partial charge in [0.25, 0.3) is 5.91 Å². The number of anilines is 1. The second-order valence-electron chi connectivity index (χ2n) is 10.8. The molecule has 1 N–H and O–H groups in total. The van der Waals surface area contributed by atoms with Crippen molar-refractivity contribution in [1.82, 2.24) is 19.9 Å². The van der Waals surface area contributed by atoms with Gasteiger partial charge in [0.2, 0.25) is 19.5 Å². The molecule has 1 atom stereocenters. The van der Waals surface area contributed by atoms with Crippen LogP contribution in [-0.2, 0) is 16.1 Å². The lowest BCUT2D eigenvalue weighted by atomic mass is 10.0. The van der Waals surface area contributed by atoms with Crippen molar-refractivity contribution < 1.29 is 28.5 Å². The molecule has 2 amide bonds. The maximum absolute atomic E-state index is 14.3. The molecule has 5 aromatic rings. The van der Waals surface area contributed by atoms with E-state index >= 15 is 0 Å². The molecule has 238 valence electrons. The van der Waals surface area contributed by atoms with Crippen LogP contribution in [0.4, 0.5) is 5.69 Å². The number of thioether (sulfide) groups is 1. The first-order chi connectivity index (χ1) is 22.9. The zero-order valence-corrected chi connectivity index (χ0v) is 27.1. The number of carbonyl (C=O) groups is 2. The number of thiazole rings is 1. The summed E-state index contributed by atoms with van der Waals surface area (Å²) < 4.78 is 22.1. The molecule has 0 bridgehead atoms. The summed E-state index contributed by atoms with van der Waals surface area (Å²) in [6.45, 7) is 4.03. The molecule has 4 heterocycles. The number of aryl methyl sites for hydroxylation is 2. The molecule has 0 saturated carbocycles. The lowest BCUT2D eigenvalue weighted by Gasteiger charge is -2.31. The predicted molar refractivity (Wildman–Crippen MR) is 177 cm³/mol. The Morgan fingerprint density at radius 3 is 2.28 bits per heavy atom. The SMILES string of the molecule is Cc1cc(C)nc(SCC(=O)N(Cc2nc(-c3ccccc3)cs2)C(C(=O)Nc2ccc3c(c2)OCO3)c2ccc3c(c2)OCO3)n1. The number of hydrogen-bond acceptors (Lipinski definition) is 11. The van der Waals surface area contributed by atoms with E-state index in [1.807, 2.05) is 55.6 Å². The summed E-state index contributed by atoms with van der Waals surface area (Å²) in [7, 11) is 0. The largest absolute Gasteiger partial charge is 0.454 e. The highest BCUT2D eigenvalue weighted by atomic mass is 32.2. The van der Waals surface area contributed by atoms with Gasteiger partial charge < -0.3 is 29.2 Å². The Balaban J connectivity index is 1.25. The summed E-state index contributed by atoms with van der Waals surface area (Å²) >= 11 is 2.65. The number of nitrogens with zero attached hydrogens (tertiary/aromatic N) is 4. The van der Waals surface area contributed by atoms with Crippen molar-refractivity contribution in [2.45, 2.75) is 31.6 Å². The Hall–Kier alpha value is -5.14. The molecule has 2 aliphatic rings. The van der Waals surface area contributed by atoms with E-state index in [2.05, 4.69) is 15.3 Å². The minimum absolute atomic E-state index is 0.00182. The highest BCUT2D eigenvalue weighted by Crippen LogP contribution is 2.38. The van der Waals surface area contributed by atoms with Crippen LogP contribution in [0.5, 0.6) is 23.0 Å². The third kappa shape index (κ3) is 6.86. The van der Waals surface area contributed by atoms with Gasteiger partial charge in [-0.2, -0.15) is 0 Å². The van der Waals surface area contributed by atoms with Crippen LogP contribution in [0.25, 0.3) is 11.3 Å². The zero-order chi connectivity index (χ0) is 32.3. The van der Waals surface area contributed by atoms with Gasteiger partial charge in [-0.25, -0.2) is 15.0 Å². The summed E-state index contributed by atoms with van der Waals surface area (Å²) in [5.74, 6) is 1.46. The van der Waals surface area contributed by atoms with Gasteiger partial charge in [0, 0.05) is 34.1 Å². The maximum Gasteiger partial charge on any atom is 0.251 e. The van der Waals surface area contributed by atoms with E-state index in [0.717, 1.165) is 22.6 Å². The summed E-state index contributed by atoms with van der Waals surface area (Å²) in [5, 5.41) is 6.10. The maximum atomic E-state index is 14.3. The normalized spacial score (nSPS) is 13.3. The van der Waals surface area contributed by atoms with Gasteiger partial charge in [-0.3, -0.25) is 9.59 Å². The van der Waals surface area contributed by atoms with Crippen LogP contribution in [0.1, 0.15) is 28.0 Å². The summed E-state index contributed by atoms with van der Waals surface area (Å²) in [6, 6.07) is 21.0. The molecular weight excluding hydrogens is 639 g/mol. The fourth-order valence-electron chi connectivity index (χ4n) is 5.30. The fourth-order valence-corrected chi connectivity index (χ4v) is 6.94. The van der Waals surface area contributed by atoms with E-state index < -0.39 is 11.9 Å². The van der Waals surface area contributed by atoms with Crippen LogP contribution < -0.4 is 24.3 Å². The van der Waals surface area contributed by atoms with E-state index in [-0.39, 0.29) is 31.8 Å². The third-order valence-corrected chi connectivity index (χ3v) is 9.11. The van der Waals surface area contributed by atoms with E-state index in [1.165, 1.54) is 23.1 Å². The summed E-state index contributed by atoms with van der Waals surface area (Å²) in [4.78, 5) is 44.0. The first-order valence-electron chi connectivity index (χ1n) is 14.7. The van der Waals surface area contributed by atoms with E-state index in [9.17, 15) is 9.59 Å². The third-order valence-electron chi connectivity index (χ3n) is 7.45. The van der Waals surface area contributed by atoms with Crippen molar-refractivity contribution >= 4 is 40.6 Å². The molecule has 1 unspecified atom stereocenters. The van der Waals surface area contributed by atoms with Gasteiger partial charge in [-0.1, -0.05) is 48.2 Å². The topological polar surface area (TPSA) is 125 Å². The Morgan fingerprint density at radius 1 is 0.851 bits per heavy atom. The minimum atomic E-state index is -1.06. The number of amides is 2. The number of aromatic nitrogens is 3. The average Bonchev–Trinajstić information content (AvgIpc) is 3.84. The van der Waals surface area contributed by atoms with Gasteiger partial charge in [-0.15, -0.1) is 11.3 Å². The molecule has 0 saturated heterocycles. The van der Waals surface area contributed by atoms with Crippen molar-refractivity contribution in [3.63, 3.8) is 0 Å². The molecule has 13 heteroatoms. The number of benzene rings is 3. The first kappa shape index (κ1) is 30.5. The van der Waals surface area contributed by atoms with Gasteiger partial charge >= 0.3 is 0 Å². The van der Waals surface area contributed by atoms with Crippen molar-refractivity contribution in [3.8, 4) is 34.3 Å². The zero-order valence-electron chi connectivity index (χ0n) is 25.5. The van der Waals surface area contributed by atoms with Crippen LogP contribution >= 0.6 is 23.1 Å². The quantitative estimate of drug-likeness (QED) is 0.136. The second kappa shape index (κ2) is 13.3. The van der Waals surface area contributed by atoms with Crippen LogP contribution in [0.3, 0.4) is 0 Å². The Morgan fingerprint density at radius 2 is 1.53 bits per heavy atom. The molecule has 7 rings (SSSR count). The van der Waals surface area contributed by atoms with E-state index in [4.69, 9.17) is 23.9 Å². The number of rotatable bonds is 10. The van der Waals surface area contributed by atoms with Crippen LogP contribution in [0.15, 0.2) is 83.3 Å². The first-order valence-corrected chi connectivity index (χ1v) is 16.6. The number of fused-ring (bicyclic) bond motifs is 2. The molecule has 2 aliphatic heterocycles. The highest BCUT2D eigenvalue weighted by molar-refractivity contribution is 7.99. The van der Waals surface area contributed by atoms with Crippen molar-refractivity contribution in [2.75, 3.05) is 24.7 Å². The van der Waals surface area contributed by atoms with Gasteiger partial charge in [0.15, 0.2) is 28.2 Å². The fraction of sp³-hybridized carbons (Fsp3) is 0.206. The average molecular weight is 668 g/mol. The van der Waals surface area contributed by atoms with Crippen LogP contribution in [0.2, 0.25) is 0 Å². The molecule has 0 aliphatic carbocycles. The minimum Gasteiger partial charge on any atom is -0.454 e.